The summed E-state index contributed by atoms with van der Waals surface area (Å²) in [4.78, 5) is 107. The van der Waals surface area contributed by atoms with E-state index in [-0.39, 0.29) is 36.4 Å². The lowest BCUT2D eigenvalue weighted by Gasteiger charge is -2.46. The summed E-state index contributed by atoms with van der Waals surface area (Å²) in [6, 6.07) is 24.5. The first-order valence-electron chi connectivity index (χ1n) is 25.0. The van der Waals surface area contributed by atoms with Crippen molar-refractivity contribution < 1.29 is 62.4 Å². The van der Waals surface area contributed by atoms with Crippen LogP contribution in [0.2, 0.25) is 0 Å². The molecule has 0 unspecified atom stereocenters. The molecular weight excluding hydrogens is 949 g/mol. The van der Waals surface area contributed by atoms with E-state index in [4.69, 9.17) is 23.7 Å². The molecule has 4 aromatic rings. The standard InChI is InChI=1S/C57H62N4O13/c1-35(2)45(53(66)72-5)58-56(69)60-43-29-24-36(18-17-23-41(51(64)70-3)52(65)71-4)34-42(43)57(55(60)68)44(50(63)59-30-15-7-6-8-16-31-59)47-54(67)74-48(38-21-13-10-14-22-38)46(37-19-11-9-12-20-37)61(47)49(57)39-25-27-40(28-26-39)73-33-32-62/h9-14,19-22,24-29,34-35,41,44-49,62H,6-8,15-16,23,30-33H2,1-5H3,(H,58,69)/t44-,45-,46-,47-,48+,49+,57-/m0/s1. The highest BCUT2D eigenvalue weighted by Gasteiger charge is 2.76. The molecule has 7 atom stereocenters. The number of hydrogen-bond donors (Lipinski definition) is 2. The molecule has 0 bridgehead atoms. The van der Waals surface area contributed by atoms with Crippen molar-refractivity contribution in [2.24, 2.45) is 17.8 Å². The van der Waals surface area contributed by atoms with Crippen molar-refractivity contribution in [1.29, 1.82) is 0 Å². The number of anilines is 1. The predicted octanol–water partition coefficient (Wildman–Crippen LogP) is 6.13. The van der Waals surface area contributed by atoms with Crippen LogP contribution in [-0.2, 0) is 53.1 Å². The number of benzene rings is 4. The molecular formula is C57H62N4O13. The second kappa shape index (κ2) is 23.1. The number of methoxy groups -OCH3 is 3. The Hall–Kier alpha value is -7.55. The van der Waals surface area contributed by atoms with Gasteiger partial charge in [-0.1, -0.05) is 118 Å². The van der Waals surface area contributed by atoms with Gasteiger partial charge >= 0.3 is 29.9 Å². The van der Waals surface area contributed by atoms with Gasteiger partial charge in [0, 0.05) is 25.1 Å². The van der Waals surface area contributed by atoms with Crippen molar-refractivity contribution in [2.75, 3.05) is 52.5 Å². The number of urea groups is 1. The van der Waals surface area contributed by atoms with Crippen LogP contribution in [0.5, 0.6) is 5.75 Å². The van der Waals surface area contributed by atoms with Crippen LogP contribution >= 0.6 is 0 Å². The number of imide groups is 1. The second-order valence-corrected chi connectivity index (χ2v) is 19.2. The number of aliphatic hydroxyl groups excluding tert-OH is 1. The number of nitrogens with one attached hydrogen (secondary N) is 1. The fraction of sp³-hybridized carbons (Fsp3) is 0.421. The van der Waals surface area contributed by atoms with Gasteiger partial charge in [0.25, 0.3) is 0 Å². The lowest BCUT2D eigenvalue weighted by Crippen LogP contribution is -2.58. The molecule has 0 aromatic heterocycles. The highest BCUT2D eigenvalue weighted by Crippen LogP contribution is 2.66. The summed E-state index contributed by atoms with van der Waals surface area (Å²) in [7, 11) is 3.48. The van der Waals surface area contributed by atoms with E-state index < -0.39 is 95.2 Å². The zero-order valence-electron chi connectivity index (χ0n) is 42.2. The third-order valence-electron chi connectivity index (χ3n) is 14.6. The molecule has 1 spiro atoms. The van der Waals surface area contributed by atoms with Gasteiger partial charge in [-0.15, -0.1) is 0 Å². The Kier molecular flexibility index (Phi) is 16.5. The minimum atomic E-state index is -2.14. The van der Waals surface area contributed by atoms with Crippen LogP contribution in [0.25, 0.3) is 0 Å². The molecule has 17 nitrogen and oxygen atoms in total. The van der Waals surface area contributed by atoms with E-state index >= 15 is 19.2 Å². The number of nitrogens with zero attached hydrogens (tertiary/aromatic N) is 3. The van der Waals surface area contributed by atoms with E-state index in [1.165, 1.54) is 13.2 Å². The van der Waals surface area contributed by atoms with Crippen molar-refractivity contribution in [3.05, 3.63) is 131 Å². The van der Waals surface area contributed by atoms with Crippen LogP contribution < -0.4 is 15.0 Å². The molecule has 4 aromatic carbocycles. The highest BCUT2D eigenvalue weighted by atomic mass is 16.6. The van der Waals surface area contributed by atoms with Crippen molar-refractivity contribution in [3.8, 4) is 17.6 Å². The van der Waals surface area contributed by atoms with Gasteiger partial charge in [-0.2, -0.15) is 0 Å². The Morgan fingerprint density at radius 2 is 1.36 bits per heavy atom. The van der Waals surface area contributed by atoms with Crippen LogP contribution in [0.3, 0.4) is 0 Å². The summed E-state index contributed by atoms with van der Waals surface area (Å²) in [5, 5.41) is 12.4. The molecule has 3 fully saturated rings. The molecule has 0 aliphatic carbocycles. The van der Waals surface area contributed by atoms with Crippen molar-refractivity contribution in [2.45, 2.75) is 88.1 Å². The quantitative estimate of drug-likeness (QED) is 0.0670. The minimum Gasteiger partial charge on any atom is -0.491 e. The largest absolute Gasteiger partial charge is 0.491 e. The van der Waals surface area contributed by atoms with Crippen LogP contribution in [0.1, 0.15) is 98.4 Å². The molecule has 4 aliphatic heterocycles. The number of carbonyl (C=O) groups excluding carboxylic acids is 7. The zero-order valence-corrected chi connectivity index (χ0v) is 42.2. The van der Waals surface area contributed by atoms with Gasteiger partial charge in [0.2, 0.25) is 11.8 Å². The van der Waals surface area contributed by atoms with Crippen molar-refractivity contribution >= 4 is 47.4 Å². The highest BCUT2D eigenvalue weighted by molar-refractivity contribution is 6.25. The van der Waals surface area contributed by atoms with E-state index in [0.29, 0.717) is 48.4 Å². The summed E-state index contributed by atoms with van der Waals surface area (Å²) >= 11 is 0. The number of carbonyl (C=O) groups is 7. The average Bonchev–Trinajstić information content (AvgIpc) is 3.95. The predicted molar refractivity (Wildman–Crippen MR) is 269 cm³/mol. The minimum absolute atomic E-state index is 0.00328. The third-order valence-corrected chi connectivity index (χ3v) is 14.6. The van der Waals surface area contributed by atoms with Gasteiger partial charge in [0.15, 0.2) is 5.92 Å². The van der Waals surface area contributed by atoms with Gasteiger partial charge in [-0.05, 0) is 71.3 Å². The van der Waals surface area contributed by atoms with Crippen molar-refractivity contribution in [1.82, 2.24) is 15.1 Å². The molecule has 8 rings (SSSR count). The molecule has 388 valence electrons. The molecule has 3 saturated heterocycles. The summed E-state index contributed by atoms with van der Waals surface area (Å²) < 4.78 is 27.3. The van der Waals surface area contributed by atoms with Gasteiger partial charge in [-0.25, -0.2) is 14.5 Å². The molecule has 4 aliphatic rings. The van der Waals surface area contributed by atoms with E-state index in [1.54, 1.807) is 55.1 Å². The van der Waals surface area contributed by atoms with Gasteiger partial charge in [0.1, 0.15) is 36.0 Å². The topological polar surface area (TPSA) is 208 Å². The van der Waals surface area contributed by atoms with Gasteiger partial charge < -0.3 is 39.0 Å². The number of likely N-dealkylation sites (tertiary alicyclic amines) is 1. The number of esters is 4. The number of fused-ring (bicyclic) bond motifs is 3. The molecule has 74 heavy (non-hydrogen) atoms. The lowest BCUT2D eigenvalue weighted by atomic mass is 9.64. The van der Waals surface area contributed by atoms with Gasteiger partial charge in [0.05, 0.1) is 51.6 Å². The average molecular weight is 1010 g/mol. The summed E-state index contributed by atoms with van der Waals surface area (Å²) in [6.45, 7) is 3.87. The summed E-state index contributed by atoms with van der Waals surface area (Å²) in [5.41, 5.74) is 0.229. The number of ether oxygens (including phenoxy) is 5. The van der Waals surface area contributed by atoms with E-state index in [2.05, 4.69) is 17.2 Å². The summed E-state index contributed by atoms with van der Waals surface area (Å²) in [5.74, 6) is -1.61. The number of hydrogen-bond acceptors (Lipinski definition) is 14. The number of amides is 4. The molecule has 0 radical (unpaired) electrons. The molecule has 4 amide bonds. The first kappa shape index (κ1) is 52.8. The van der Waals surface area contributed by atoms with Crippen LogP contribution in [0.4, 0.5) is 10.5 Å². The Morgan fingerprint density at radius 1 is 0.757 bits per heavy atom. The monoisotopic (exact) mass is 1010 g/mol. The van der Waals surface area contributed by atoms with E-state index in [9.17, 15) is 19.5 Å². The number of morpholine rings is 1. The number of cyclic esters (lactones) is 1. The Labute approximate surface area is 430 Å². The molecule has 17 heteroatoms. The smallest absolute Gasteiger partial charge is 0.329 e. The number of aliphatic hydroxyl groups is 1. The van der Waals surface area contributed by atoms with Crippen LogP contribution in [-0.4, -0.2) is 116 Å². The van der Waals surface area contributed by atoms with Crippen molar-refractivity contribution in [3.63, 3.8) is 0 Å². The Balaban J connectivity index is 1.46. The second-order valence-electron chi connectivity index (χ2n) is 19.2. The van der Waals surface area contributed by atoms with E-state index in [0.717, 1.165) is 38.4 Å². The molecule has 4 heterocycles. The summed E-state index contributed by atoms with van der Waals surface area (Å²) in [6.07, 6.45) is 2.79. The first-order valence-corrected chi connectivity index (χ1v) is 25.0. The zero-order chi connectivity index (χ0) is 52.7. The number of rotatable bonds is 13. The molecule has 2 N–H and O–H groups in total. The maximum absolute atomic E-state index is 16.8. The van der Waals surface area contributed by atoms with Crippen LogP contribution in [0.15, 0.2) is 103 Å². The Morgan fingerprint density at radius 3 is 1.96 bits per heavy atom. The van der Waals surface area contributed by atoms with E-state index in [1.807, 2.05) is 65.6 Å². The SMILES string of the molecule is COC(=O)C(CC#Cc1ccc2c(c1)[C@]1(C(=O)N2C(=O)N[C@H](C(=O)OC)C(C)C)[C@H](C(=O)N2CCCCCCC2)[C@H]2C(=O)O[C@H](c3ccccc3)[C@H](c3ccccc3)N2[C@@H]1c1ccc(OCCO)cc1)C(=O)OC. The van der Waals surface area contributed by atoms with Gasteiger partial charge in [-0.3, -0.25) is 28.9 Å². The maximum atomic E-state index is 16.8. The van der Waals surface area contributed by atoms with Crippen LogP contribution in [0, 0.1) is 29.6 Å². The fourth-order valence-electron chi connectivity index (χ4n) is 11.2. The fourth-order valence-corrected chi connectivity index (χ4v) is 11.2. The third kappa shape index (κ3) is 9.95. The lowest BCUT2D eigenvalue weighted by molar-refractivity contribution is -0.179. The molecule has 0 saturated carbocycles. The Bertz CT molecular complexity index is 2770. The normalized spacial score (nSPS) is 22.8. The first-order chi connectivity index (χ1) is 35.8. The maximum Gasteiger partial charge on any atom is 0.329 e.